The fourth-order valence-electron chi connectivity index (χ4n) is 1.51. The van der Waals surface area contributed by atoms with Crippen LogP contribution in [0.3, 0.4) is 0 Å². The van der Waals surface area contributed by atoms with E-state index in [-0.39, 0.29) is 0 Å². The van der Waals surface area contributed by atoms with E-state index in [0.29, 0.717) is 30.6 Å². The van der Waals surface area contributed by atoms with Crippen molar-refractivity contribution in [1.29, 1.82) is 0 Å². The van der Waals surface area contributed by atoms with Crippen LogP contribution in [-0.4, -0.2) is 29.0 Å². The number of thioether (sulfide) groups is 1. The van der Waals surface area contributed by atoms with Crippen LogP contribution in [0.2, 0.25) is 0 Å². The van der Waals surface area contributed by atoms with Crippen molar-refractivity contribution >= 4 is 23.9 Å². The number of carbonyl (C=O) groups excluding carboxylic acids is 1. The summed E-state index contributed by atoms with van der Waals surface area (Å²) in [5.41, 5.74) is 0.319. The van der Waals surface area contributed by atoms with E-state index < -0.39 is 5.97 Å². The Labute approximate surface area is 133 Å². The van der Waals surface area contributed by atoms with Gasteiger partial charge in [-0.1, -0.05) is 25.6 Å². The summed E-state index contributed by atoms with van der Waals surface area (Å²) in [5, 5.41) is 14.2. The molecule has 0 aromatic carbocycles. The van der Waals surface area contributed by atoms with Crippen LogP contribution < -0.4 is 4.74 Å². The molecule has 2 rings (SSSR count). The highest BCUT2D eigenvalue weighted by Crippen LogP contribution is 2.26. The molecule has 0 fully saturated rings. The molecule has 0 N–H and O–H groups in total. The number of esters is 1. The van der Waals surface area contributed by atoms with Crippen molar-refractivity contribution in [3.63, 3.8) is 0 Å². The Balaban J connectivity index is 2.14. The monoisotopic (exact) mass is 322 g/mol. The molecular weight excluding hydrogens is 304 g/mol. The van der Waals surface area contributed by atoms with Gasteiger partial charge in [0, 0.05) is 6.20 Å². The lowest BCUT2D eigenvalue weighted by molar-refractivity contribution is 0.0520. The fraction of sp³-hybridized carbons (Fsp3) is 0.429. The molecule has 0 saturated heterocycles. The number of rotatable bonds is 8. The minimum absolute atomic E-state index is 0.304. The van der Waals surface area contributed by atoms with Gasteiger partial charge in [-0.25, -0.2) is 9.48 Å². The molecule has 0 saturated carbocycles. The van der Waals surface area contributed by atoms with Crippen LogP contribution in [0, 0.1) is 5.92 Å². The van der Waals surface area contributed by atoms with E-state index in [0.717, 1.165) is 5.03 Å². The Kier molecular flexibility index (Phi) is 5.76. The second kappa shape index (κ2) is 7.79. The molecule has 8 heteroatoms. The molecule has 0 spiro atoms. The van der Waals surface area contributed by atoms with Crippen molar-refractivity contribution in [3.8, 4) is 5.88 Å². The van der Waals surface area contributed by atoms with Crippen LogP contribution in [0.15, 0.2) is 33.1 Å². The van der Waals surface area contributed by atoms with E-state index in [2.05, 4.69) is 15.3 Å². The van der Waals surface area contributed by atoms with Gasteiger partial charge in [0.15, 0.2) is 0 Å². The van der Waals surface area contributed by atoms with Crippen LogP contribution in [0.5, 0.6) is 5.88 Å². The number of hydrogen-bond acceptors (Lipinski definition) is 7. The maximum atomic E-state index is 11.9. The minimum atomic E-state index is -0.441. The predicted molar refractivity (Wildman–Crippen MR) is 84.4 cm³/mol. The van der Waals surface area contributed by atoms with Crippen molar-refractivity contribution in [2.45, 2.75) is 20.8 Å². The summed E-state index contributed by atoms with van der Waals surface area (Å²) in [4.78, 5) is 11.9. The largest absolute Gasteiger partial charge is 0.477 e. The van der Waals surface area contributed by atoms with Crippen LogP contribution in [0.1, 0.15) is 31.1 Å². The molecular formula is C14H18N4O3S. The zero-order valence-electron chi connectivity index (χ0n) is 12.7. The lowest BCUT2D eigenvalue weighted by Crippen LogP contribution is -2.11. The van der Waals surface area contributed by atoms with Gasteiger partial charge in [0.25, 0.3) is 0 Å². The van der Waals surface area contributed by atoms with Gasteiger partial charge in [-0.05, 0) is 18.2 Å². The van der Waals surface area contributed by atoms with Crippen molar-refractivity contribution in [2.24, 2.45) is 16.1 Å². The molecule has 0 amide bonds. The lowest BCUT2D eigenvalue weighted by atomic mass is 10.2. The molecule has 118 valence electrons. The van der Waals surface area contributed by atoms with Gasteiger partial charge in [0.1, 0.15) is 10.6 Å². The van der Waals surface area contributed by atoms with Crippen LogP contribution in [0.4, 0.5) is 0 Å². The maximum Gasteiger partial charge on any atom is 0.345 e. The third kappa shape index (κ3) is 4.20. The normalized spacial score (nSPS) is 13.4. The Morgan fingerprint density at radius 1 is 1.50 bits per heavy atom. The Bertz CT molecular complexity index is 620. The smallest absolute Gasteiger partial charge is 0.345 e. The first-order chi connectivity index (χ1) is 10.6. The van der Waals surface area contributed by atoms with Gasteiger partial charge in [-0.2, -0.15) is 10.2 Å². The van der Waals surface area contributed by atoms with Gasteiger partial charge in [0.05, 0.1) is 25.6 Å². The zero-order valence-corrected chi connectivity index (χ0v) is 13.5. The summed E-state index contributed by atoms with van der Waals surface area (Å²) >= 11 is 1.41. The molecule has 7 nitrogen and oxygen atoms in total. The molecule has 1 aliphatic heterocycles. The molecule has 1 aromatic heterocycles. The molecule has 0 bridgehead atoms. The maximum absolute atomic E-state index is 11.9. The zero-order chi connectivity index (χ0) is 15.9. The quantitative estimate of drug-likeness (QED) is 0.684. The van der Waals surface area contributed by atoms with E-state index in [4.69, 9.17) is 9.47 Å². The second-order valence-corrected chi connectivity index (χ2v) is 5.75. The van der Waals surface area contributed by atoms with E-state index in [1.807, 2.05) is 13.8 Å². The van der Waals surface area contributed by atoms with Gasteiger partial charge in [-0.15, -0.1) is 5.11 Å². The molecule has 22 heavy (non-hydrogen) atoms. The van der Waals surface area contributed by atoms with Crippen LogP contribution in [-0.2, 0) is 4.74 Å². The molecule has 1 aromatic rings. The van der Waals surface area contributed by atoms with E-state index in [1.165, 1.54) is 22.6 Å². The topological polar surface area (TPSA) is 78.1 Å². The highest BCUT2D eigenvalue weighted by atomic mass is 32.2. The highest BCUT2D eigenvalue weighted by molar-refractivity contribution is 8.05. The third-order valence-corrected chi connectivity index (χ3v) is 3.20. The molecule has 2 heterocycles. The van der Waals surface area contributed by atoms with E-state index in [9.17, 15) is 4.79 Å². The average Bonchev–Trinajstić information content (AvgIpc) is 2.82. The SMILES string of the molecule is CCOC(=O)c1cnn(/C=C\SC2=CN=N2)c1OCC(C)C. The first kappa shape index (κ1) is 16.3. The summed E-state index contributed by atoms with van der Waals surface area (Å²) in [6.07, 6.45) is 4.82. The van der Waals surface area contributed by atoms with Gasteiger partial charge in [0.2, 0.25) is 5.88 Å². The van der Waals surface area contributed by atoms with E-state index in [1.54, 1.807) is 24.7 Å². The molecule has 0 aliphatic carbocycles. The summed E-state index contributed by atoms with van der Waals surface area (Å²) in [5.74, 6) is 0.273. The predicted octanol–water partition coefficient (Wildman–Crippen LogP) is 3.52. The number of ether oxygens (including phenoxy) is 2. The van der Waals surface area contributed by atoms with Crippen LogP contribution in [0.25, 0.3) is 6.20 Å². The number of hydrogen-bond donors (Lipinski definition) is 0. The molecule has 0 unspecified atom stereocenters. The van der Waals surface area contributed by atoms with Crippen molar-refractivity contribution in [1.82, 2.24) is 9.78 Å². The lowest BCUT2D eigenvalue weighted by Gasteiger charge is -2.10. The van der Waals surface area contributed by atoms with Gasteiger partial charge in [-0.3, -0.25) is 0 Å². The third-order valence-electron chi connectivity index (χ3n) is 2.51. The Morgan fingerprint density at radius 3 is 2.86 bits per heavy atom. The number of nitrogens with zero attached hydrogens (tertiary/aromatic N) is 4. The number of carbonyl (C=O) groups is 1. The first-order valence-corrected chi connectivity index (χ1v) is 7.81. The summed E-state index contributed by atoms with van der Waals surface area (Å²) < 4.78 is 12.2. The molecule has 0 radical (unpaired) electrons. The van der Waals surface area contributed by atoms with Crippen molar-refractivity contribution in [3.05, 3.63) is 28.4 Å². The van der Waals surface area contributed by atoms with Gasteiger partial charge < -0.3 is 9.47 Å². The Hall–Kier alpha value is -2.09. The fourth-order valence-corrected chi connectivity index (χ4v) is 2.03. The summed E-state index contributed by atoms with van der Waals surface area (Å²) in [6, 6.07) is 0. The van der Waals surface area contributed by atoms with E-state index >= 15 is 0 Å². The first-order valence-electron chi connectivity index (χ1n) is 6.93. The van der Waals surface area contributed by atoms with Crippen molar-refractivity contribution in [2.75, 3.05) is 13.2 Å². The summed E-state index contributed by atoms with van der Waals surface area (Å²) in [7, 11) is 0. The second-order valence-electron chi connectivity index (χ2n) is 4.82. The van der Waals surface area contributed by atoms with Crippen LogP contribution >= 0.6 is 11.8 Å². The number of azo groups is 1. The highest BCUT2D eigenvalue weighted by Gasteiger charge is 2.19. The average molecular weight is 322 g/mol. The number of aromatic nitrogens is 2. The van der Waals surface area contributed by atoms with Crippen molar-refractivity contribution < 1.29 is 14.3 Å². The van der Waals surface area contributed by atoms with Gasteiger partial charge >= 0.3 is 5.97 Å². The molecule has 1 aliphatic rings. The minimum Gasteiger partial charge on any atom is -0.477 e. The summed E-state index contributed by atoms with van der Waals surface area (Å²) in [6.45, 7) is 6.61. The standard InChI is InChI=1S/C14H18N4O3S/c1-4-20-14(19)11-7-16-18(13(11)21-9-10(2)3)5-6-22-12-8-15-17-12/h5-8,10H,4,9H2,1-3H3/b6-5-. The molecule has 0 atom stereocenters. The Morgan fingerprint density at radius 2 is 2.27 bits per heavy atom.